The summed E-state index contributed by atoms with van der Waals surface area (Å²) >= 11 is 0. The van der Waals surface area contributed by atoms with Crippen molar-refractivity contribution < 1.29 is 4.39 Å². The second-order valence-corrected chi connectivity index (χ2v) is 6.68. The molecule has 0 amide bonds. The normalized spacial score (nSPS) is 16.8. The van der Waals surface area contributed by atoms with Crippen LogP contribution in [-0.2, 0) is 13.6 Å². The molecular formula is C20H22FN3. The highest BCUT2D eigenvalue weighted by atomic mass is 19.1. The van der Waals surface area contributed by atoms with Gasteiger partial charge in [-0.05, 0) is 61.7 Å². The van der Waals surface area contributed by atoms with Crippen molar-refractivity contribution in [2.24, 2.45) is 7.05 Å². The van der Waals surface area contributed by atoms with Gasteiger partial charge in [-0.15, -0.1) is 0 Å². The third-order valence-electron chi connectivity index (χ3n) is 5.15. The molecule has 1 fully saturated rings. The van der Waals surface area contributed by atoms with Crippen molar-refractivity contribution in [3.05, 3.63) is 65.7 Å². The number of hydrogen-bond donors (Lipinski definition) is 0. The van der Waals surface area contributed by atoms with Crippen molar-refractivity contribution in [1.29, 1.82) is 0 Å². The van der Waals surface area contributed by atoms with Crippen LogP contribution < -0.4 is 0 Å². The maximum Gasteiger partial charge on any atom is 0.123 e. The van der Waals surface area contributed by atoms with E-state index < -0.39 is 0 Å². The summed E-state index contributed by atoms with van der Waals surface area (Å²) in [5.41, 5.74) is 3.38. The number of halogens is 1. The molecule has 0 unspecified atom stereocenters. The smallest absolute Gasteiger partial charge is 0.123 e. The zero-order chi connectivity index (χ0) is 16.5. The van der Waals surface area contributed by atoms with Gasteiger partial charge in [0.25, 0.3) is 0 Å². The number of nitrogens with zero attached hydrogens (tertiary/aromatic N) is 3. The van der Waals surface area contributed by atoms with Crippen molar-refractivity contribution in [3.8, 4) is 0 Å². The summed E-state index contributed by atoms with van der Waals surface area (Å²) in [5.74, 6) is 1.45. The Morgan fingerprint density at radius 3 is 2.62 bits per heavy atom. The Morgan fingerprint density at radius 1 is 1.08 bits per heavy atom. The van der Waals surface area contributed by atoms with Gasteiger partial charge in [-0.2, -0.15) is 0 Å². The first-order valence-electron chi connectivity index (χ1n) is 8.59. The fourth-order valence-corrected chi connectivity index (χ4v) is 3.72. The monoisotopic (exact) mass is 323 g/mol. The van der Waals surface area contributed by atoms with Crippen LogP contribution >= 0.6 is 0 Å². The molecule has 0 saturated carbocycles. The SMILES string of the molecule is Cn1c(CN2CCC(c3cccc(F)c3)CC2)nc2ccccc21. The number of piperidine rings is 1. The molecule has 0 aliphatic carbocycles. The molecule has 24 heavy (non-hydrogen) atoms. The summed E-state index contributed by atoms with van der Waals surface area (Å²) < 4.78 is 15.6. The number of fused-ring (bicyclic) bond motifs is 1. The molecule has 0 spiro atoms. The lowest BCUT2D eigenvalue weighted by Gasteiger charge is -2.31. The van der Waals surface area contributed by atoms with Gasteiger partial charge in [0.1, 0.15) is 11.6 Å². The predicted octanol–water partition coefficient (Wildman–Crippen LogP) is 4.09. The Balaban J connectivity index is 1.43. The third-order valence-corrected chi connectivity index (χ3v) is 5.15. The number of likely N-dealkylation sites (tertiary alicyclic amines) is 1. The number of rotatable bonds is 3. The Morgan fingerprint density at radius 2 is 1.88 bits per heavy atom. The van der Waals surface area contributed by atoms with Crippen LogP contribution in [-0.4, -0.2) is 27.5 Å². The van der Waals surface area contributed by atoms with E-state index in [4.69, 9.17) is 4.98 Å². The van der Waals surface area contributed by atoms with E-state index in [2.05, 4.69) is 40.8 Å². The van der Waals surface area contributed by atoms with Gasteiger partial charge >= 0.3 is 0 Å². The molecule has 0 bridgehead atoms. The summed E-state index contributed by atoms with van der Waals surface area (Å²) in [4.78, 5) is 7.22. The van der Waals surface area contributed by atoms with E-state index >= 15 is 0 Å². The molecule has 0 atom stereocenters. The molecule has 4 heteroatoms. The average molecular weight is 323 g/mol. The topological polar surface area (TPSA) is 21.1 Å². The van der Waals surface area contributed by atoms with Gasteiger partial charge in [-0.25, -0.2) is 9.37 Å². The molecule has 3 aromatic rings. The minimum atomic E-state index is -0.130. The van der Waals surface area contributed by atoms with E-state index in [1.165, 1.54) is 11.6 Å². The second-order valence-electron chi connectivity index (χ2n) is 6.68. The van der Waals surface area contributed by atoms with Gasteiger partial charge in [-0.3, -0.25) is 4.90 Å². The van der Waals surface area contributed by atoms with Crippen LogP contribution in [0.1, 0.15) is 30.1 Å². The zero-order valence-corrected chi connectivity index (χ0v) is 14.0. The summed E-state index contributed by atoms with van der Waals surface area (Å²) in [6, 6.07) is 15.3. The van der Waals surface area contributed by atoms with E-state index in [0.717, 1.165) is 49.4 Å². The van der Waals surface area contributed by atoms with Crippen molar-refractivity contribution in [2.45, 2.75) is 25.3 Å². The highest BCUT2D eigenvalue weighted by molar-refractivity contribution is 5.75. The Hall–Kier alpha value is -2.20. The van der Waals surface area contributed by atoms with Crippen LogP contribution in [0.3, 0.4) is 0 Å². The molecule has 3 nitrogen and oxygen atoms in total. The summed E-state index contributed by atoms with van der Waals surface area (Å²) in [6.45, 7) is 2.94. The minimum absolute atomic E-state index is 0.130. The zero-order valence-electron chi connectivity index (χ0n) is 14.0. The molecule has 2 heterocycles. The summed E-state index contributed by atoms with van der Waals surface area (Å²) in [6.07, 6.45) is 2.15. The van der Waals surface area contributed by atoms with Gasteiger partial charge in [0.15, 0.2) is 0 Å². The Kier molecular flexibility index (Phi) is 4.07. The minimum Gasteiger partial charge on any atom is -0.330 e. The van der Waals surface area contributed by atoms with Gasteiger partial charge in [0.2, 0.25) is 0 Å². The standard InChI is InChI=1S/C20H22FN3/c1-23-19-8-3-2-7-18(19)22-20(23)14-24-11-9-15(10-12-24)16-5-4-6-17(21)13-16/h2-8,13,15H,9-12,14H2,1H3. The molecule has 1 aliphatic rings. The number of imidazole rings is 1. The van der Waals surface area contributed by atoms with E-state index in [1.807, 2.05) is 12.1 Å². The van der Waals surface area contributed by atoms with Crippen molar-refractivity contribution in [2.75, 3.05) is 13.1 Å². The van der Waals surface area contributed by atoms with Gasteiger partial charge < -0.3 is 4.57 Å². The van der Waals surface area contributed by atoms with Gasteiger partial charge in [-0.1, -0.05) is 24.3 Å². The average Bonchev–Trinajstić information content (AvgIpc) is 2.92. The van der Waals surface area contributed by atoms with E-state index in [0.29, 0.717) is 5.92 Å². The Labute approximate surface area is 141 Å². The van der Waals surface area contributed by atoms with Crippen molar-refractivity contribution in [1.82, 2.24) is 14.5 Å². The first-order chi connectivity index (χ1) is 11.7. The van der Waals surface area contributed by atoms with Crippen LogP contribution in [0.25, 0.3) is 11.0 Å². The van der Waals surface area contributed by atoms with E-state index in [1.54, 1.807) is 6.07 Å². The fraction of sp³-hybridized carbons (Fsp3) is 0.350. The molecule has 124 valence electrons. The van der Waals surface area contributed by atoms with Gasteiger partial charge in [0.05, 0.1) is 17.6 Å². The summed E-state index contributed by atoms with van der Waals surface area (Å²) in [5, 5.41) is 0. The molecule has 1 aliphatic heterocycles. The van der Waals surface area contributed by atoms with Crippen LogP contribution in [0, 0.1) is 5.82 Å². The third kappa shape index (κ3) is 2.94. The van der Waals surface area contributed by atoms with Crippen molar-refractivity contribution >= 4 is 11.0 Å². The van der Waals surface area contributed by atoms with Crippen LogP contribution in [0.4, 0.5) is 4.39 Å². The lowest BCUT2D eigenvalue weighted by Crippen LogP contribution is -2.33. The molecule has 4 rings (SSSR count). The van der Waals surface area contributed by atoms with E-state index in [9.17, 15) is 4.39 Å². The molecular weight excluding hydrogens is 301 g/mol. The fourth-order valence-electron chi connectivity index (χ4n) is 3.72. The molecule has 0 radical (unpaired) electrons. The maximum atomic E-state index is 13.4. The lowest BCUT2D eigenvalue weighted by molar-refractivity contribution is 0.199. The summed E-state index contributed by atoms with van der Waals surface area (Å²) in [7, 11) is 2.09. The van der Waals surface area contributed by atoms with Crippen LogP contribution in [0.15, 0.2) is 48.5 Å². The van der Waals surface area contributed by atoms with Gasteiger partial charge in [0, 0.05) is 7.05 Å². The molecule has 0 N–H and O–H groups in total. The first-order valence-corrected chi connectivity index (χ1v) is 8.59. The molecule has 1 saturated heterocycles. The highest BCUT2D eigenvalue weighted by Gasteiger charge is 2.22. The highest BCUT2D eigenvalue weighted by Crippen LogP contribution is 2.29. The number of benzene rings is 2. The largest absolute Gasteiger partial charge is 0.330 e. The first kappa shape index (κ1) is 15.3. The molecule has 2 aromatic carbocycles. The van der Waals surface area contributed by atoms with Crippen LogP contribution in [0.2, 0.25) is 0 Å². The maximum absolute atomic E-state index is 13.4. The predicted molar refractivity (Wildman–Crippen MR) is 94.4 cm³/mol. The van der Waals surface area contributed by atoms with E-state index in [-0.39, 0.29) is 5.82 Å². The number of para-hydroxylation sites is 2. The number of aryl methyl sites for hydroxylation is 1. The second kappa shape index (κ2) is 6.36. The number of aromatic nitrogens is 2. The quantitative estimate of drug-likeness (QED) is 0.724. The Bertz CT molecular complexity index is 847. The van der Waals surface area contributed by atoms with Crippen LogP contribution in [0.5, 0.6) is 0 Å². The lowest BCUT2D eigenvalue weighted by atomic mass is 9.89. The number of hydrogen-bond acceptors (Lipinski definition) is 2. The molecule has 1 aromatic heterocycles. The van der Waals surface area contributed by atoms with Crippen molar-refractivity contribution in [3.63, 3.8) is 0 Å².